The number of nitrogens with zero attached hydrogens (tertiary/aromatic N) is 1. The van der Waals surface area contributed by atoms with Gasteiger partial charge < -0.3 is 10.2 Å². The second-order valence-electron chi connectivity index (χ2n) is 4.12. The molecule has 0 aliphatic carbocycles. The number of rotatable bonds is 5. The molecule has 1 aromatic carbocycles. The fourth-order valence-electron chi connectivity index (χ4n) is 1.46. The quantitative estimate of drug-likeness (QED) is 0.903. The van der Waals surface area contributed by atoms with Gasteiger partial charge in [-0.2, -0.15) is 11.8 Å². The van der Waals surface area contributed by atoms with E-state index in [0.717, 1.165) is 11.3 Å². The zero-order valence-corrected chi connectivity index (χ0v) is 10.9. The number of aromatic nitrogens is 1. The van der Waals surface area contributed by atoms with E-state index >= 15 is 0 Å². The van der Waals surface area contributed by atoms with Crippen LogP contribution in [0.3, 0.4) is 0 Å². The minimum Gasteiger partial charge on any atom is -0.440 e. The van der Waals surface area contributed by atoms with Crippen LogP contribution in [0, 0.1) is 5.82 Å². The lowest BCUT2D eigenvalue weighted by atomic mass is 10.2. The molecule has 2 rings (SSSR count). The van der Waals surface area contributed by atoms with Crippen LogP contribution in [-0.2, 0) is 5.75 Å². The van der Waals surface area contributed by atoms with Gasteiger partial charge in [-0.15, -0.1) is 0 Å². The number of oxazole rings is 1. The summed E-state index contributed by atoms with van der Waals surface area (Å²) in [5, 5.41) is 0. The highest BCUT2D eigenvalue weighted by Gasteiger charge is 2.07. The summed E-state index contributed by atoms with van der Waals surface area (Å²) in [6.07, 6.45) is 1.66. The maximum atomic E-state index is 12.8. The summed E-state index contributed by atoms with van der Waals surface area (Å²) in [4.78, 5) is 4.19. The third-order valence-electron chi connectivity index (χ3n) is 2.29. The standard InChI is InChI=1S/C13H15FN2OS/c1-9(15)7-18-8-13-16-6-12(17-13)10-2-4-11(14)5-3-10/h2-6,9H,7-8,15H2,1H3. The molecule has 0 aliphatic heterocycles. The first-order chi connectivity index (χ1) is 8.65. The third kappa shape index (κ3) is 3.58. The zero-order chi connectivity index (χ0) is 13.0. The molecule has 2 aromatic rings. The number of thioether (sulfide) groups is 1. The fraction of sp³-hybridized carbons (Fsp3) is 0.308. The average molecular weight is 266 g/mol. The highest BCUT2D eigenvalue weighted by atomic mass is 32.2. The van der Waals surface area contributed by atoms with Crippen LogP contribution >= 0.6 is 11.8 Å². The van der Waals surface area contributed by atoms with Crippen LogP contribution < -0.4 is 5.73 Å². The summed E-state index contributed by atoms with van der Waals surface area (Å²) in [6, 6.07) is 6.33. The number of benzene rings is 1. The van der Waals surface area contributed by atoms with Gasteiger partial charge >= 0.3 is 0 Å². The van der Waals surface area contributed by atoms with Crippen molar-refractivity contribution in [2.75, 3.05) is 5.75 Å². The van der Waals surface area contributed by atoms with Gasteiger partial charge in [0.05, 0.1) is 11.9 Å². The Hall–Kier alpha value is -1.33. The van der Waals surface area contributed by atoms with Crippen molar-refractivity contribution in [1.82, 2.24) is 4.98 Å². The van der Waals surface area contributed by atoms with Crippen molar-refractivity contribution >= 4 is 11.8 Å². The van der Waals surface area contributed by atoms with Gasteiger partial charge in [0.2, 0.25) is 5.89 Å². The maximum Gasteiger partial charge on any atom is 0.204 e. The summed E-state index contributed by atoms with van der Waals surface area (Å²) in [5.41, 5.74) is 6.49. The predicted octanol–water partition coefficient (Wildman–Crippen LogP) is 3.06. The summed E-state index contributed by atoms with van der Waals surface area (Å²) >= 11 is 1.68. The largest absolute Gasteiger partial charge is 0.440 e. The lowest BCUT2D eigenvalue weighted by Crippen LogP contribution is -2.17. The SMILES string of the molecule is CC(N)CSCc1ncc(-c2ccc(F)cc2)o1. The van der Waals surface area contributed by atoms with Gasteiger partial charge in [-0.25, -0.2) is 9.37 Å². The van der Waals surface area contributed by atoms with E-state index in [1.54, 1.807) is 30.1 Å². The molecule has 5 heteroatoms. The van der Waals surface area contributed by atoms with Crippen LogP contribution in [0.4, 0.5) is 4.39 Å². The van der Waals surface area contributed by atoms with E-state index in [1.165, 1.54) is 12.1 Å². The Morgan fingerprint density at radius 1 is 1.39 bits per heavy atom. The zero-order valence-electron chi connectivity index (χ0n) is 10.1. The van der Waals surface area contributed by atoms with Crippen LogP contribution in [0.5, 0.6) is 0 Å². The van der Waals surface area contributed by atoms with Crippen molar-refractivity contribution in [3.8, 4) is 11.3 Å². The van der Waals surface area contributed by atoms with Crippen molar-refractivity contribution in [3.05, 3.63) is 42.2 Å². The normalized spacial score (nSPS) is 12.6. The summed E-state index contributed by atoms with van der Waals surface area (Å²) in [6.45, 7) is 1.96. The van der Waals surface area contributed by atoms with Crippen LogP contribution in [0.2, 0.25) is 0 Å². The molecule has 0 fully saturated rings. The molecule has 1 atom stereocenters. The number of hydrogen-bond donors (Lipinski definition) is 1. The first-order valence-corrected chi connectivity index (χ1v) is 6.84. The molecule has 1 heterocycles. The number of nitrogens with two attached hydrogens (primary N) is 1. The number of hydrogen-bond acceptors (Lipinski definition) is 4. The van der Waals surface area contributed by atoms with Crippen molar-refractivity contribution in [3.63, 3.8) is 0 Å². The van der Waals surface area contributed by atoms with Crippen molar-refractivity contribution in [2.24, 2.45) is 5.73 Å². The highest BCUT2D eigenvalue weighted by Crippen LogP contribution is 2.22. The lowest BCUT2D eigenvalue weighted by Gasteiger charge is -2.01. The van der Waals surface area contributed by atoms with Gasteiger partial charge in [-0.3, -0.25) is 0 Å². The minimum absolute atomic E-state index is 0.168. The molecule has 0 spiro atoms. The molecule has 96 valence electrons. The first-order valence-electron chi connectivity index (χ1n) is 5.69. The first kappa shape index (κ1) is 13.1. The monoisotopic (exact) mass is 266 g/mol. The van der Waals surface area contributed by atoms with Gasteiger partial charge in [-0.1, -0.05) is 0 Å². The molecular weight excluding hydrogens is 251 g/mol. The third-order valence-corrected chi connectivity index (χ3v) is 3.50. The highest BCUT2D eigenvalue weighted by molar-refractivity contribution is 7.98. The van der Waals surface area contributed by atoms with Gasteiger partial charge in [0.25, 0.3) is 0 Å². The van der Waals surface area contributed by atoms with E-state index < -0.39 is 0 Å². The van der Waals surface area contributed by atoms with Gasteiger partial charge in [0, 0.05) is 17.4 Å². The molecule has 0 aliphatic rings. The van der Waals surface area contributed by atoms with E-state index in [2.05, 4.69) is 4.98 Å². The summed E-state index contributed by atoms with van der Waals surface area (Å²) in [5.74, 6) is 2.63. The molecule has 0 bridgehead atoms. The van der Waals surface area contributed by atoms with Crippen LogP contribution in [0.1, 0.15) is 12.8 Å². The Kier molecular flexibility index (Phi) is 4.38. The smallest absolute Gasteiger partial charge is 0.204 e. The molecule has 0 amide bonds. The fourth-order valence-corrected chi connectivity index (χ4v) is 2.25. The van der Waals surface area contributed by atoms with Crippen molar-refractivity contribution in [2.45, 2.75) is 18.7 Å². The summed E-state index contributed by atoms with van der Waals surface area (Å²) in [7, 11) is 0. The second-order valence-corrected chi connectivity index (χ2v) is 5.15. The van der Waals surface area contributed by atoms with Gasteiger partial charge in [0.1, 0.15) is 5.82 Å². The Morgan fingerprint density at radius 3 is 2.78 bits per heavy atom. The second kappa shape index (κ2) is 6.02. The predicted molar refractivity (Wildman–Crippen MR) is 71.7 cm³/mol. The maximum absolute atomic E-state index is 12.8. The van der Waals surface area contributed by atoms with E-state index in [1.807, 2.05) is 6.92 Å². The van der Waals surface area contributed by atoms with Crippen LogP contribution in [0.25, 0.3) is 11.3 Å². The molecule has 0 saturated heterocycles. The number of halogens is 1. The minimum atomic E-state index is -0.258. The Balaban J connectivity index is 1.99. The van der Waals surface area contributed by atoms with Gasteiger partial charge in [0.15, 0.2) is 5.76 Å². The lowest BCUT2D eigenvalue weighted by molar-refractivity contribution is 0.529. The van der Waals surface area contributed by atoms with E-state index in [-0.39, 0.29) is 11.9 Å². The average Bonchev–Trinajstić information content (AvgIpc) is 2.78. The molecule has 3 nitrogen and oxygen atoms in total. The molecule has 0 radical (unpaired) electrons. The molecule has 1 unspecified atom stereocenters. The Bertz CT molecular complexity index is 496. The van der Waals surface area contributed by atoms with Gasteiger partial charge in [-0.05, 0) is 31.2 Å². The van der Waals surface area contributed by atoms with Crippen molar-refractivity contribution in [1.29, 1.82) is 0 Å². The molecule has 2 N–H and O–H groups in total. The van der Waals surface area contributed by atoms with Crippen molar-refractivity contribution < 1.29 is 8.81 Å². The molecular formula is C13H15FN2OS. The summed E-state index contributed by atoms with van der Waals surface area (Å²) < 4.78 is 18.4. The van der Waals surface area contributed by atoms with E-state index in [9.17, 15) is 4.39 Å². The van der Waals surface area contributed by atoms with E-state index in [0.29, 0.717) is 17.4 Å². The molecule has 18 heavy (non-hydrogen) atoms. The Labute approximate surface area is 110 Å². The Morgan fingerprint density at radius 2 is 2.11 bits per heavy atom. The molecule has 0 saturated carbocycles. The topological polar surface area (TPSA) is 52.0 Å². The van der Waals surface area contributed by atoms with Crippen LogP contribution in [0.15, 0.2) is 34.9 Å². The molecule has 1 aromatic heterocycles. The van der Waals surface area contributed by atoms with Crippen LogP contribution in [-0.4, -0.2) is 16.8 Å². The van der Waals surface area contributed by atoms with E-state index in [4.69, 9.17) is 10.2 Å².